The molecule has 0 aliphatic carbocycles. The lowest BCUT2D eigenvalue weighted by Gasteiger charge is -2.16. The fourth-order valence-electron chi connectivity index (χ4n) is 1.28. The van der Waals surface area contributed by atoms with Gasteiger partial charge in [0, 0.05) is 13.2 Å². The molecule has 1 rings (SSSR count). The highest BCUT2D eigenvalue weighted by molar-refractivity contribution is 5.94. The molecule has 0 aliphatic rings. The second-order valence-corrected chi connectivity index (χ2v) is 3.44. The maximum Gasteiger partial charge on any atom is 0.273 e. The van der Waals surface area contributed by atoms with E-state index < -0.39 is 18.9 Å². The molecule has 0 saturated heterocycles. The summed E-state index contributed by atoms with van der Waals surface area (Å²) in [4.78, 5) is 16.6. The average Bonchev–Trinajstić information content (AvgIpc) is 2.35. The van der Waals surface area contributed by atoms with Gasteiger partial charge in [-0.3, -0.25) is 4.79 Å². The Morgan fingerprint density at radius 1 is 1.61 bits per heavy atom. The number of alkyl halides is 2. The molecule has 1 heterocycles. The molecule has 4 nitrogen and oxygen atoms in total. The Balaban J connectivity index is 2.98. The minimum Gasteiger partial charge on any atom is -0.384 e. The summed E-state index contributed by atoms with van der Waals surface area (Å²) in [6, 6.07) is 3.12. The number of halogens is 2. The zero-order valence-electron chi connectivity index (χ0n) is 9.73. The molecule has 0 aliphatic heterocycles. The van der Waals surface area contributed by atoms with Crippen molar-refractivity contribution in [3.8, 4) is 11.8 Å². The van der Waals surface area contributed by atoms with E-state index in [0.29, 0.717) is 5.56 Å². The van der Waals surface area contributed by atoms with Crippen molar-refractivity contribution >= 4 is 5.91 Å². The molecule has 1 aromatic heterocycles. The van der Waals surface area contributed by atoms with Crippen LogP contribution in [0.4, 0.5) is 8.78 Å². The molecule has 1 aromatic rings. The van der Waals surface area contributed by atoms with Gasteiger partial charge in [-0.1, -0.05) is 11.8 Å². The number of hydrogen-bond donors (Lipinski definition) is 1. The lowest BCUT2D eigenvalue weighted by Crippen LogP contribution is -2.32. The first-order valence-electron chi connectivity index (χ1n) is 5.14. The Hall–Kier alpha value is -2.00. The summed E-state index contributed by atoms with van der Waals surface area (Å²) in [5.74, 6) is 4.31. The minimum absolute atomic E-state index is 0.00148. The van der Waals surface area contributed by atoms with Crippen molar-refractivity contribution in [1.82, 2.24) is 9.88 Å². The third-order valence-electron chi connectivity index (χ3n) is 2.07. The van der Waals surface area contributed by atoms with E-state index in [-0.39, 0.29) is 12.3 Å². The SMILES string of the molecule is CN(CC(F)F)C(=O)c1ncccc1C#CCO. The molecule has 6 heteroatoms. The largest absolute Gasteiger partial charge is 0.384 e. The molecule has 1 amide bonds. The van der Waals surface area contributed by atoms with Crippen LogP contribution in [-0.4, -0.2) is 47.5 Å². The third kappa shape index (κ3) is 3.79. The number of carbonyl (C=O) groups excluding carboxylic acids is 1. The van der Waals surface area contributed by atoms with Crippen molar-refractivity contribution in [3.63, 3.8) is 0 Å². The van der Waals surface area contributed by atoms with Crippen LogP contribution in [0.15, 0.2) is 18.3 Å². The van der Waals surface area contributed by atoms with Crippen LogP contribution in [0.1, 0.15) is 16.1 Å². The van der Waals surface area contributed by atoms with Crippen molar-refractivity contribution < 1.29 is 18.7 Å². The molecule has 0 fully saturated rings. The number of aromatic nitrogens is 1. The zero-order chi connectivity index (χ0) is 13.5. The van der Waals surface area contributed by atoms with Gasteiger partial charge in [0.05, 0.1) is 12.1 Å². The highest BCUT2D eigenvalue weighted by Crippen LogP contribution is 2.08. The smallest absolute Gasteiger partial charge is 0.273 e. The van der Waals surface area contributed by atoms with E-state index in [0.717, 1.165) is 4.90 Å². The maximum atomic E-state index is 12.2. The summed E-state index contributed by atoms with van der Waals surface area (Å²) in [5.41, 5.74) is 0.305. The van der Waals surface area contributed by atoms with Gasteiger partial charge in [-0.2, -0.15) is 0 Å². The Kier molecular flexibility index (Phi) is 5.21. The van der Waals surface area contributed by atoms with Gasteiger partial charge >= 0.3 is 0 Å². The summed E-state index contributed by atoms with van der Waals surface area (Å²) in [5, 5.41) is 8.60. The standard InChI is InChI=1S/C12H12F2N2O2/c1-16(8-10(13)14)12(18)11-9(5-3-7-17)4-2-6-15-11/h2,4,6,10,17H,7-8H2,1H3. The lowest BCUT2D eigenvalue weighted by molar-refractivity contribution is 0.0615. The molecule has 0 unspecified atom stereocenters. The summed E-state index contributed by atoms with van der Waals surface area (Å²) in [7, 11) is 1.27. The number of pyridine rings is 1. The van der Waals surface area contributed by atoms with Gasteiger partial charge in [-0.25, -0.2) is 13.8 Å². The number of carbonyl (C=O) groups is 1. The average molecular weight is 254 g/mol. The van der Waals surface area contributed by atoms with Crippen LogP contribution in [-0.2, 0) is 0 Å². The Morgan fingerprint density at radius 3 is 2.94 bits per heavy atom. The fourth-order valence-corrected chi connectivity index (χ4v) is 1.28. The molecule has 0 saturated carbocycles. The van der Waals surface area contributed by atoms with Crippen molar-refractivity contribution in [1.29, 1.82) is 0 Å². The van der Waals surface area contributed by atoms with E-state index in [4.69, 9.17) is 5.11 Å². The molecule has 0 atom stereocenters. The van der Waals surface area contributed by atoms with Crippen molar-refractivity contribution in [3.05, 3.63) is 29.6 Å². The van der Waals surface area contributed by atoms with Crippen LogP contribution >= 0.6 is 0 Å². The van der Waals surface area contributed by atoms with E-state index >= 15 is 0 Å². The molecule has 0 radical (unpaired) electrons. The van der Waals surface area contributed by atoms with Crippen LogP contribution in [0.3, 0.4) is 0 Å². The van der Waals surface area contributed by atoms with Gasteiger partial charge in [0.25, 0.3) is 12.3 Å². The zero-order valence-corrected chi connectivity index (χ0v) is 9.73. The molecule has 96 valence electrons. The number of aliphatic hydroxyl groups is 1. The monoisotopic (exact) mass is 254 g/mol. The number of nitrogens with zero attached hydrogens (tertiary/aromatic N) is 2. The first-order chi connectivity index (χ1) is 8.56. The van der Waals surface area contributed by atoms with Crippen LogP contribution in [0, 0.1) is 11.8 Å². The number of rotatable bonds is 3. The second-order valence-electron chi connectivity index (χ2n) is 3.44. The second kappa shape index (κ2) is 6.67. The van der Waals surface area contributed by atoms with Gasteiger partial charge in [0.15, 0.2) is 0 Å². The van der Waals surface area contributed by atoms with Gasteiger partial charge in [0.1, 0.15) is 12.3 Å². The van der Waals surface area contributed by atoms with Crippen molar-refractivity contribution in [2.45, 2.75) is 6.43 Å². The maximum absolute atomic E-state index is 12.2. The van der Waals surface area contributed by atoms with E-state index in [1.807, 2.05) is 0 Å². The minimum atomic E-state index is -2.60. The molecular formula is C12H12F2N2O2. The Bertz CT molecular complexity index is 480. The number of aliphatic hydroxyl groups excluding tert-OH is 1. The quantitative estimate of drug-likeness (QED) is 0.810. The van der Waals surface area contributed by atoms with Crippen LogP contribution in [0.2, 0.25) is 0 Å². The Labute approximate surface area is 103 Å². The van der Waals surface area contributed by atoms with Gasteiger partial charge in [0.2, 0.25) is 0 Å². The third-order valence-corrected chi connectivity index (χ3v) is 2.07. The molecule has 0 bridgehead atoms. The summed E-state index contributed by atoms with van der Waals surface area (Å²) in [6.45, 7) is -1.02. The van der Waals surface area contributed by atoms with E-state index in [1.54, 1.807) is 12.1 Å². The molecule has 1 N–H and O–H groups in total. The van der Waals surface area contributed by atoms with Crippen LogP contribution in [0.25, 0.3) is 0 Å². The predicted octanol–water partition coefficient (Wildman–Crippen LogP) is 0.762. The van der Waals surface area contributed by atoms with Gasteiger partial charge in [-0.15, -0.1) is 0 Å². The van der Waals surface area contributed by atoms with E-state index in [1.165, 1.54) is 13.2 Å². The van der Waals surface area contributed by atoms with E-state index in [2.05, 4.69) is 16.8 Å². The lowest BCUT2D eigenvalue weighted by atomic mass is 10.2. The summed E-state index contributed by atoms with van der Waals surface area (Å²) in [6.07, 6.45) is -1.22. The van der Waals surface area contributed by atoms with Crippen molar-refractivity contribution in [2.75, 3.05) is 20.2 Å². The summed E-state index contributed by atoms with van der Waals surface area (Å²) < 4.78 is 24.4. The van der Waals surface area contributed by atoms with Crippen LogP contribution < -0.4 is 0 Å². The highest BCUT2D eigenvalue weighted by atomic mass is 19.3. The Morgan fingerprint density at radius 2 is 2.33 bits per heavy atom. The topological polar surface area (TPSA) is 53.4 Å². The van der Waals surface area contributed by atoms with Crippen LogP contribution in [0.5, 0.6) is 0 Å². The predicted molar refractivity (Wildman–Crippen MR) is 61.2 cm³/mol. The van der Waals surface area contributed by atoms with Crippen molar-refractivity contribution in [2.24, 2.45) is 0 Å². The van der Waals surface area contributed by atoms with Gasteiger partial charge in [-0.05, 0) is 12.1 Å². The molecule has 0 spiro atoms. The van der Waals surface area contributed by atoms with E-state index in [9.17, 15) is 13.6 Å². The summed E-state index contributed by atoms with van der Waals surface area (Å²) >= 11 is 0. The molecule has 18 heavy (non-hydrogen) atoms. The fraction of sp³-hybridized carbons (Fsp3) is 0.333. The normalized spacial score (nSPS) is 9.83. The number of amides is 1. The highest BCUT2D eigenvalue weighted by Gasteiger charge is 2.19. The first-order valence-corrected chi connectivity index (χ1v) is 5.14. The van der Waals surface area contributed by atoms with Gasteiger partial charge < -0.3 is 10.0 Å². The number of hydrogen-bond acceptors (Lipinski definition) is 3. The molecule has 0 aromatic carbocycles. The first kappa shape index (κ1) is 14.1. The molecular weight excluding hydrogens is 242 g/mol.